The molecule has 0 saturated heterocycles. The van der Waals surface area contributed by atoms with Gasteiger partial charge >= 0.3 is 6.16 Å². The highest BCUT2D eigenvalue weighted by Crippen LogP contribution is 2.36. The number of fused-ring (bicyclic) bond motifs is 1. The maximum Gasteiger partial charge on any atom is 0.512 e. The first-order valence-electron chi connectivity index (χ1n) is 10.7. The van der Waals surface area contributed by atoms with Gasteiger partial charge in [-0.15, -0.1) is 0 Å². The molecule has 0 aliphatic carbocycles. The molecule has 0 atom stereocenters. The zero-order chi connectivity index (χ0) is 22.7. The number of aromatic nitrogens is 1. The molecule has 0 spiro atoms. The third-order valence-corrected chi connectivity index (χ3v) is 5.69. The predicted octanol–water partition coefficient (Wildman–Crippen LogP) is 6.83. The van der Waals surface area contributed by atoms with Crippen LogP contribution >= 0.6 is 0 Å². The lowest BCUT2D eigenvalue weighted by molar-refractivity contribution is 0.142. The number of hydrogen-bond donors (Lipinski definition) is 2. The molecule has 0 radical (unpaired) electrons. The fraction of sp³-hybridized carbons (Fsp3) is 0.222. The van der Waals surface area contributed by atoms with Gasteiger partial charge in [-0.05, 0) is 56.4 Å². The molecule has 5 heteroatoms. The van der Waals surface area contributed by atoms with Crippen molar-refractivity contribution in [2.45, 2.75) is 33.6 Å². The van der Waals surface area contributed by atoms with Gasteiger partial charge in [-0.3, -0.25) is 0 Å². The number of para-hydroxylation sites is 1. The number of carbonyl (C=O) groups is 1. The molecular weight excluding hydrogens is 402 g/mol. The maximum absolute atomic E-state index is 11.3. The second-order valence-corrected chi connectivity index (χ2v) is 8.06. The maximum atomic E-state index is 11.3. The van der Waals surface area contributed by atoms with Gasteiger partial charge in [0.25, 0.3) is 0 Å². The fourth-order valence-corrected chi connectivity index (χ4v) is 4.16. The molecule has 3 aromatic carbocycles. The van der Waals surface area contributed by atoms with Crippen molar-refractivity contribution in [3.63, 3.8) is 0 Å². The summed E-state index contributed by atoms with van der Waals surface area (Å²) in [5.74, 6) is 1.15. The molecule has 0 fully saturated rings. The molecular formula is C27H27NO4. The minimum Gasteiger partial charge on any atom is -0.493 e. The van der Waals surface area contributed by atoms with Gasteiger partial charge in [0.1, 0.15) is 5.75 Å². The molecule has 32 heavy (non-hydrogen) atoms. The van der Waals surface area contributed by atoms with Gasteiger partial charge in [0, 0.05) is 16.5 Å². The number of ether oxygens (including phenoxy) is 2. The van der Waals surface area contributed by atoms with Crippen LogP contribution in [0.15, 0.2) is 60.7 Å². The van der Waals surface area contributed by atoms with Crippen LogP contribution in [0.2, 0.25) is 0 Å². The summed E-state index contributed by atoms with van der Waals surface area (Å²) in [6.07, 6.45) is 0.0250. The summed E-state index contributed by atoms with van der Waals surface area (Å²) in [4.78, 5) is 14.5. The Morgan fingerprint density at radius 2 is 1.72 bits per heavy atom. The van der Waals surface area contributed by atoms with Gasteiger partial charge in [0.15, 0.2) is 0 Å². The van der Waals surface area contributed by atoms with Crippen LogP contribution in [0, 0.1) is 20.8 Å². The first kappa shape index (κ1) is 21.5. The minimum atomic E-state index is -1.33. The van der Waals surface area contributed by atoms with E-state index in [0.29, 0.717) is 13.0 Å². The van der Waals surface area contributed by atoms with E-state index in [1.54, 1.807) is 0 Å². The van der Waals surface area contributed by atoms with Crippen molar-refractivity contribution in [2.24, 2.45) is 0 Å². The summed E-state index contributed by atoms with van der Waals surface area (Å²) in [6.45, 7) is 6.69. The normalized spacial score (nSPS) is 11.0. The van der Waals surface area contributed by atoms with Gasteiger partial charge in [-0.2, -0.15) is 0 Å². The summed E-state index contributed by atoms with van der Waals surface area (Å²) in [7, 11) is 0. The SMILES string of the molecule is Cc1ccc(OCCCc2c(OC(=O)O)[nH]c3c(-c4ccccc4C)cccc23)c(C)c1. The highest BCUT2D eigenvalue weighted by atomic mass is 16.7. The lowest BCUT2D eigenvalue weighted by Crippen LogP contribution is -2.06. The zero-order valence-electron chi connectivity index (χ0n) is 18.6. The number of H-pyrrole nitrogens is 1. The molecule has 1 heterocycles. The molecule has 4 aromatic rings. The smallest absolute Gasteiger partial charge is 0.493 e. The van der Waals surface area contributed by atoms with Crippen LogP contribution in [0.4, 0.5) is 4.79 Å². The van der Waals surface area contributed by atoms with Gasteiger partial charge in [0.2, 0.25) is 5.88 Å². The predicted molar refractivity (Wildman–Crippen MR) is 127 cm³/mol. The zero-order valence-corrected chi connectivity index (χ0v) is 18.6. The van der Waals surface area contributed by atoms with E-state index in [-0.39, 0.29) is 5.88 Å². The van der Waals surface area contributed by atoms with Gasteiger partial charge in [-0.25, -0.2) is 4.79 Å². The number of carboxylic acid groups (broad SMARTS) is 1. The van der Waals surface area contributed by atoms with E-state index in [2.05, 4.69) is 37.0 Å². The Labute approximate surface area is 187 Å². The molecule has 0 saturated carbocycles. The van der Waals surface area contributed by atoms with Gasteiger partial charge < -0.3 is 19.6 Å². The summed E-state index contributed by atoms with van der Waals surface area (Å²) in [6, 6.07) is 20.3. The topological polar surface area (TPSA) is 71.6 Å². The number of nitrogens with one attached hydrogen (secondary N) is 1. The van der Waals surface area contributed by atoms with Crippen LogP contribution in [-0.4, -0.2) is 22.9 Å². The van der Waals surface area contributed by atoms with Crippen molar-refractivity contribution >= 4 is 17.1 Å². The van der Waals surface area contributed by atoms with E-state index < -0.39 is 6.16 Å². The quantitative estimate of drug-likeness (QED) is 0.249. The monoisotopic (exact) mass is 429 g/mol. The highest BCUT2D eigenvalue weighted by molar-refractivity contribution is 5.98. The van der Waals surface area contributed by atoms with Crippen LogP contribution in [-0.2, 0) is 6.42 Å². The van der Waals surface area contributed by atoms with Crippen molar-refractivity contribution in [3.8, 4) is 22.8 Å². The van der Waals surface area contributed by atoms with E-state index in [9.17, 15) is 9.90 Å². The van der Waals surface area contributed by atoms with Crippen molar-refractivity contribution in [1.82, 2.24) is 4.98 Å². The first-order valence-corrected chi connectivity index (χ1v) is 10.7. The molecule has 0 amide bonds. The van der Waals surface area contributed by atoms with Crippen LogP contribution < -0.4 is 9.47 Å². The van der Waals surface area contributed by atoms with Crippen LogP contribution in [0.25, 0.3) is 22.0 Å². The summed E-state index contributed by atoms with van der Waals surface area (Å²) < 4.78 is 11.1. The third-order valence-electron chi connectivity index (χ3n) is 5.69. The van der Waals surface area contributed by atoms with Crippen LogP contribution in [0.5, 0.6) is 11.6 Å². The number of rotatable bonds is 7. The number of aromatic amines is 1. The van der Waals surface area contributed by atoms with E-state index in [0.717, 1.165) is 50.9 Å². The average molecular weight is 430 g/mol. The number of aryl methyl sites for hydroxylation is 4. The summed E-state index contributed by atoms with van der Waals surface area (Å²) >= 11 is 0. The average Bonchev–Trinajstić information content (AvgIpc) is 3.09. The number of hydrogen-bond acceptors (Lipinski definition) is 3. The standard InChI is InChI=1S/C27H27NO4/c1-17-13-14-24(19(3)16-17)31-15-7-12-23-22-11-6-10-21(20-9-5-4-8-18(20)2)25(22)28-26(23)32-27(29)30/h4-6,8-11,13-14,16,28H,7,12,15H2,1-3H3,(H,29,30). The Morgan fingerprint density at radius 3 is 2.47 bits per heavy atom. The van der Waals surface area contributed by atoms with Crippen LogP contribution in [0.3, 0.4) is 0 Å². The molecule has 1 aromatic heterocycles. The Balaban J connectivity index is 1.61. The van der Waals surface area contributed by atoms with Crippen molar-refractivity contribution < 1.29 is 19.4 Å². The first-order chi connectivity index (χ1) is 15.4. The lowest BCUT2D eigenvalue weighted by atomic mass is 9.97. The van der Waals surface area contributed by atoms with Crippen molar-refractivity contribution in [3.05, 3.63) is 82.9 Å². The molecule has 0 bridgehead atoms. The second kappa shape index (κ2) is 9.18. The third kappa shape index (κ3) is 4.47. The van der Waals surface area contributed by atoms with E-state index in [1.165, 1.54) is 5.56 Å². The largest absolute Gasteiger partial charge is 0.512 e. The lowest BCUT2D eigenvalue weighted by Gasteiger charge is -2.10. The molecule has 0 aliphatic rings. The Bertz CT molecular complexity index is 1270. The Kier molecular flexibility index (Phi) is 6.17. The molecule has 164 valence electrons. The molecule has 4 rings (SSSR count). The van der Waals surface area contributed by atoms with Gasteiger partial charge in [-0.1, -0.05) is 60.2 Å². The highest BCUT2D eigenvalue weighted by Gasteiger charge is 2.18. The molecule has 0 unspecified atom stereocenters. The Hall–Kier alpha value is -3.73. The fourth-order valence-electron chi connectivity index (χ4n) is 4.16. The Morgan fingerprint density at radius 1 is 0.938 bits per heavy atom. The second-order valence-electron chi connectivity index (χ2n) is 8.06. The molecule has 5 nitrogen and oxygen atoms in total. The molecule has 2 N–H and O–H groups in total. The van der Waals surface area contributed by atoms with E-state index in [4.69, 9.17) is 9.47 Å². The van der Waals surface area contributed by atoms with Crippen molar-refractivity contribution in [1.29, 1.82) is 0 Å². The van der Waals surface area contributed by atoms with Crippen LogP contribution in [0.1, 0.15) is 28.7 Å². The molecule has 0 aliphatic heterocycles. The van der Waals surface area contributed by atoms with Crippen molar-refractivity contribution in [2.75, 3.05) is 6.61 Å². The summed E-state index contributed by atoms with van der Waals surface area (Å²) in [5, 5.41) is 10.2. The number of benzene rings is 3. The minimum absolute atomic E-state index is 0.278. The van der Waals surface area contributed by atoms with E-state index >= 15 is 0 Å². The summed E-state index contributed by atoms with van der Waals surface area (Å²) in [5.41, 5.74) is 7.31. The van der Waals surface area contributed by atoms with Gasteiger partial charge in [0.05, 0.1) is 12.1 Å². The van der Waals surface area contributed by atoms with E-state index in [1.807, 2.05) is 49.4 Å².